The number of nitrogens with one attached hydrogen (secondary N) is 1. The summed E-state index contributed by atoms with van der Waals surface area (Å²) in [6.07, 6.45) is 6.52. The van der Waals surface area contributed by atoms with E-state index in [1.165, 1.54) is 41.5 Å². The summed E-state index contributed by atoms with van der Waals surface area (Å²) in [5, 5.41) is 10.2. The molecule has 2 aromatic rings. The van der Waals surface area contributed by atoms with E-state index in [1.807, 2.05) is 4.90 Å². The van der Waals surface area contributed by atoms with Crippen molar-refractivity contribution >= 4 is 28.2 Å². The highest BCUT2D eigenvalue weighted by molar-refractivity contribution is 5.99. The summed E-state index contributed by atoms with van der Waals surface area (Å²) in [6, 6.07) is 6.82. The Hall–Kier alpha value is -2.70. The zero-order valence-corrected chi connectivity index (χ0v) is 19.8. The van der Waals surface area contributed by atoms with Crippen molar-refractivity contribution in [2.75, 3.05) is 26.7 Å². The van der Waals surface area contributed by atoms with Gasteiger partial charge >= 0.3 is 0 Å². The molecular weight excluding hydrogens is 402 g/mol. The number of carbonyl (C=O) groups excluding carboxylic acids is 2. The molecule has 0 unspecified atom stereocenters. The predicted octanol–water partition coefficient (Wildman–Crippen LogP) is 3.42. The van der Waals surface area contributed by atoms with Gasteiger partial charge in [-0.3, -0.25) is 14.5 Å². The Morgan fingerprint density at radius 1 is 1.31 bits per heavy atom. The van der Waals surface area contributed by atoms with E-state index in [0.717, 1.165) is 32.1 Å². The summed E-state index contributed by atoms with van der Waals surface area (Å²) in [4.78, 5) is 31.0. The summed E-state index contributed by atoms with van der Waals surface area (Å²) in [7, 11) is 2.15. The lowest BCUT2D eigenvalue weighted by Gasteiger charge is -2.40. The Morgan fingerprint density at radius 3 is 2.56 bits per heavy atom. The van der Waals surface area contributed by atoms with E-state index in [4.69, 9.17) is 5.11 Å². The Balaban J connectivity index is 0.000000312. The first kappa shape index (κ1) is 24.0. The van der Waals surface area contributed by atoms with Gasteiger partial charge in [0.2, 0.25) is 5.91 Å². The van der Waals surface area contributed by atoms with E-state index in [2.05, 4.69) is 67.8 Å². The van der Waals surface area contributed by atoms with Gasteiger partial charge in [0, 0.05) is 42.8 Å². The second-order valence-corrected chi connectivity index (χ2v) is 9.07. The van der Waals surface area contributed by atoms with Crippen LogP contribution in [0.3, 0.4) is 0 Å². The van der Waals surface area contributed by atoms with Crippen molar-refractivity contribution < 1.29 is 14.7 Å². The van der Waals surface area contributed by atoms with Crippen LogP contribution in [0.1, 0.15) is 38.8 Å². The Labute approximate surface area is 190 Å². The molecule has 0 fully saturated rings. The summed E-state index contributed by atoms with van der Waals surface area (Å²) in [5.41, 5.74) is 3.96. The molecule has 32 heavy (non-hydrogen) atoms. The summed E-state index contributed by atoms with van der Waals surface area (Å²) < 4.78 is 0. The number of hydrogen-bond acceptors (Lipinski definition) is 4. The van der Waals surface area contributed by atoms with E-state index in [0.29, 0.717) is 6.04 Å². The molecule has 1 amide bonds. The van der Waals surface area contributed by atoms with Crippen molar-refractivity contribution in [1.82, 2.24) is 14.8 Å². The zero-order chi connectivity index (χ0) is 23.6. The molecule has 0 spiro atoms. The van der Waals surface area contributed by atoms with E-state index < -0.39 is 5.60 Å². The average Bonchev–Trinajstić information content (AvgIpc) is 3.18. The Bertz CT molecular complexity index is 1040. The number of likely N-dealkylation sites (N-methyl/N-ethyl adjacent to an activating group) is 1. The lowest BCUT2D eigenvalue weighted by atomic mass is 9.79. The van der Waals surface area contributed by atoms with Gasteiger partial charge in [-0.25, -0.2) is 0 Å². The SMILES string of the molecule is C=CC(=O)C(C)(C)O.CCN(CC)C(=O)[C@@H]1C=C2c3cccc4[nH]cc(c34)C[C@H]2N(C)C1. The lowest BCUT2D eigenvalue weighted by Crippen LogP contribution is -2.47. The first-order chi connectivity index (χ1) is 15.1. The maximum Gasteiger partial charge on any atom is 0.230 e. The quantitative estimate of drug-likeness (QED) is 0.703. The van der Waals surface area contributed by atoms with Crippen LogP contribution in [-0.4, -0.2) is 69.9 Å². The molecule has 0 saturated carbocycles. The first-order valence-corrected chi connectivity index (χ1v) is 11.3. The van der Waals surface area contributed by atoms with E-state index in [9.17, 15) is 9.59 Å². The van der Waals surface area contributed by atoms with Crippen LogP contribution in [0.15, 0.2) is 43.1 Å². The number of ketones is 1. The molecule has 0 saturated heterocycles. The largest absolute Gasteiger partial charge is 0.382 e. The molecule has 6 heteroatoms. The zero-order valence-electron chi connectivity index (χ0n) is 19.8. The fourth-order valence-corrected chi connectivity index (χ4v) is 4.62. The fourth-order valence-electron chi connectivity index (χ4n) is 4.62. The number of benzene rings is 1. The number of aromatic amines is 1. The molecule has 4 rings (SSSR count). The summed E-state index contributed by atoms with van der Waals surface area (Å²) in [6.45, 7) is 12.5. The highest BCUT2D eigenvalue weighted by Gasteiger charge is 2.36. The predicted molar refractivity (Wildman–Crippen MR) is 129 cm³/mol. The summed E-state index contributed by atoms with van der Waals surface area (Å²) in [5.74, 6) is -0.140. The van der Waals surface area contributed by atoms with Crippen LogP contribution in [0.4, 0.5) is 0 Å². The number of fused-ring (bicyclic) bond motifs is 2. The number of carbonyl (C=O) groups is 2. The number of nitrogens with zero attached hydrogens (tertiary/aromatic N) is 2. The molecule has 2 aliphatic rings. The van der Waals surface area contributed by atoms with Crippen LogP contribution >= 0.6 is 0 Å². The van der Waals surface area contributed by atoms with Crippen LogP contribution < -0.4 is 0 Å². The van der Waals surface area contributed by atoms with Gasteiger partial charge < -0.3 is 15.0 Å². The monoisotopic (exact) mass is 437 g/mol. The van der Waals surface area contributed by atoms with E-state index in [1.54, 1.807) is 0 Å². The maximum absolute atomic E-state index is 12.9. The average molecular weight is 438 g/mol. The van der Waals surface area contributed by atoms with Crippen LogP contribution in [0.5, 0.6) is 0 Å². The van der Waals surface area contributed by atoms with Crippen LogP contribution in [0, 0.1) is 5.92 Å². The minimum atomic E-state index is -1.25. The van der Waals surface area contributed by atoms with Gasteiger partial charge in [-0.15, -0.1) is 0 Å². The van der Waals surface area contributed by atoms with Gasteiger partial charge in [0.05, 0.1) is 5.92 Å². The smallest absolute Gasteiger partial charge is 0.230 e. The maximum atomic E-state index is 12.9. The topological polar surface area (TPSA) is 76.6 Å². The molecule has 0 bridgehead atoms. The fraction of sp³-hybridized carbons (Fsp3) is 0.462. The van der Waals surface area contributed by atoms with Crippen molar-refractivity contribution in [3.8, 4) is 0 Å². The molecule has 1 aromatic heterocycles. The van der Waals surface area contributed by atoms with E-state index in [-0.39, 0.29) is 17.6 Å². The van der Waals surface area contributed by atoms with E-state index >= 15 is 0 Å². The standard InChI is InChI=1S/C20H25N3O.C6H10O2/c1-4-23(5-2)20(24)14-9-16-15-7-6-8-17-19(15)13(11-21-17)10-18(16)22(3)12-14;1-4-5(7)6(2,3)8/h6-9,11,14,18,21H,4-5,10,12H2,1-3H3;4,8H,1H2,2-3H3/t14-,18-;/m1./s1. The highest BCUT2D eigenvalue weighted by atomic mass is 16.3. The molecule has 1 aromatic carbocycles. The molecule has 0 radical (unpaired) electrons. The van der Waals surface area contributed by atoms with Crippen molar-refractivity contribution in [3.63, 3.8) is 0 Å². The third-order valence-corrected chi connectivity index (χ3v) is 6.45. The van der Waals surface area contributed by atoms with Crippen molar-refractivity contribution in [2.45, 2.75) is 45.8 Å². The molecule has 6 nitrogen and oxygen atoms in total. The lowest BCUT2D eigenvalue weighted by molar-refractivity contribution is -0.134. The first-order valence-electron chi connectivity index (χ1n) is 11.3. The summed E-state index contributed by atoms with van der Waals surface area (Å²) >= 11 is 0. The van der Waals surface area contributed by atoms with Gasteiger partial charge in [0.1, 0.15) is 5.60 Å². The van der Waals surface area contributed by atoms with Crippen molar-refractivity contribution in [2.24, 2.45) is 5.92 Å². The van der Waals surface area contributed by atoms with Gasteiger partial charge in [-0.05, 0) is 70.0 Å². The second-order valence-electron chi connectivity index (χ2n) is 9.07. The molecule has 172 valence electrons. The molecule has 2 atom stereocenters. The number of H-pyrrole nitrogens is 1. The third-order valence-electron chi connectivity index (χ3n) is 6.45. The second kappa shape index (κ2) is 9.43. The number of aromatic nitrogens is 1. The molecule has 2 N–H and O–H groups in total. The molecular formula is C26H35N3O3. The van der Waals surface area contributed by atoms with Crippen molar-refractivity contribution in [3.05, 3.63) is 54.3 Å². The van der Waals surface area contributed by atoms with Crippen LogP contribution in [0.25, 0.3) is 16.5 Å². The highest BCUT2D eigenvalue weighted by Crippen LogP contribution is 2.40. The number of aliphatic hydroxyl groups is 1. The molecule has 1 aliphatic carbocycles. The number of hydrogen-bond donors (Lipinski definition) is 2. The van der Waals surface area contributed by atoms with Crippen LogP contribution in [0.2, 0.25) is 0 Å². The molecule has 2 heterocycles. The third kappa shape index (κ3) is 4.57. The van der Waals surface area contributed by atoms with Gasteiger partial charge in [-0.1, -0.05) is 24.8 Å². The van der Waals surface area contributed by atoms with Crippen molar-refractivity contribution in [1.29, 1.82) is 0 Å². The van der Waals surface area contributed by atoms with Gasteiger partial charge in [0.25, 0.3) is 0 Å². The minimum absolute atomic E-state index is 0.0445. The Morgan fingerprint density at radius 2 is 2.00 bits per heavy atom. The molecule has 1 aliphatic heterocycles. The van der Waals surface area contributed by atoms with Crippen LogP contribution in [-0.2, 0) is 16.0 Å². The normalized spacial score (nSPS) is 20.0. The van der Waals surface area contributed by atoms with Gasteiger partial charge in [-0.2, -0.15) is 0 Å². The van der Waals surface area contributed by atoms with Gasteiger partial charge in [0.15, 0.2) is 5.78 Å². The number of rotatable bonds is 5. The minimum Gasteiger partial charge on any atom is -0.382 e. The Kier molecular flexibility index (Phi) is 7.06. The number of amides is 1.